The molecular weight excluding hydrogens is 326 g/mol. The molecule has 0 radical (unpaired) electrons. The van der Waals surface area contributed by atoms with Crippen LogP contribution in [0.3, 0.4) is 0 Å². The van der Waals surface area contributed by atoms with Crippen LogP contribution in [0.2, 0.25) is 0 Å². The van der Waals surface area contributed by atoms with Crippen molar-refractivity contribution in [2.24, 2.45) is 5.92 Å². The topological polar surface area (TPSA) is 64.0 Å². The lowest BCUT2D eigenvalue weighted by atomic mass is 10.1. The van der Waals surface area contributed by atoms with Crippen LogP contribution in [0.25, 0.3) is 16.5 Å². The van der Waals surface area contributed by atoms with Crippen molar-refractivity contribution in [2.45, 2.75) is 32.6 Å². The summed E-state index contributed by atoms with van der Waals surface area (Å²) in [5, 5.41) is 8.93. The van der Waals surface area contributed by atoms with Crippen molar-refractivity contribution in [3.63, 3.8) is 0 Å². The molecule has 0 bridgehead atoms. The number of nitrogens with one attached hydrogen (secondary N) is 1. The van der Waals surface area contributed by atoms with Crippen LogP contribution in [-0.2, 0) is 4.79 Å². The Labute approximate surface area is 151 Å². The molecular formula is C21H21N3O2. The molecule has 5 heteroatoms. The van der Waals surface area contributed by atoms with Crippen molar-refractivity contribution < 1.29 is 4.79 Å². The third kappa shape index (κ3) is 3.01. The van der Waals surface area contributed by atoms with Gasteiger partial charge in [0.15, 0.2) is 0 Å². The van der Waals surface area contributed by atoms with E-state index < -0.39 is 0 Å². The highest BCUT2D eigenvalue weighted by atomic mass is 16.2. The van der Waals surface area contributed by atoms with E-state index in [2.05, 4.69) is 10.4 Å². The van der Waals surface area contributed by atoms with E-state index in [9.17, 15) is 9.59 Å². The van der Waals surface area contributed by atoms with Gasteiger partial charge in [0.05, 0.1) is 16.8 Å². The largest absolute Gasteiger partial charge is 0.326 e. The molecule has 1 aliphatic carbocycles. The Hall–Kier alpha value is -2.95. The van der Waals surface area contributed by atoms with Crippen LogP contribution < -0.4 is 10.9 Å². The number of nitrogens with zero attached hydrogens (tertiary/aromatic N) is 2. The van der Waals surface area contributed by atoms with Gasteiger partial charge in [0, 0.05) is 17.0 Å². The Kier molecular flexibility index (Phi) is 4.29. The Morgan fingerprint density at radius 1 is 1.04 bits per heavy atom. The fourth-order valence-electron chi connectivity index (χ4n) is 3.64. The molecule has 3 aromatic rings. The van der Waals surface area contributed by atoms with Crippen molar-refractivity contribution in [3.05, 3.63) is 64.6 Å². The van der Waals surface area contributed by atoms with Gasteiger partial charge in [-0.05, 0) is 50.1 Å². The SMILES string of the molecule is Cc1nn(-c2ccc(NC(=O)C3CCCC3)cc2)c(=O)c2ccccc12. The Bertz CT molecular complexity index is 1020. The molecule has 1 saturated carbocycles. The zero-order valence-corrected chi connectivity index (χ0v) is 14.7. The zero-order chi connectivity index (χ0) is 18.1. The van der Waals surface area contributed by atoms with Crippen LogP contribution in [0.4, 0.5) is 5.69 Å². The van der Waals surface area contributed by atoms with Gasteiger partial charge in [0.1, 0.15) is 0 Å². The summed E-state index contributed by atoms with van der Waals surface area (Å²) in [5.41, 5.74) is 2.09. The van der Waals surface area contributed by atoms with Crippen molar-refractivity contribution in [2.75, 3.05) is 5.32 Å². The maximum absolute atomic E-state index is 12.7. The first-order chi connectivity index (χ1) is 12.6. The average Bonchev–Trinajstić information content (AvgIpc) is 3.20. The number of amides is 1. The van der Waals surface area contributed by atoms with Gasteiger partial charge < -0.3 is 5.32 Å². The first-order valence-electron chi connectivity index (χ1n) is 9.03. The second kappa shape index (κ2) is 6.75. The molecule has 1 heterocycles. The molecule has 1 N–H and O–H groups in total. The van der Waals surface area contributed by atoms with Crippen molar-refractivity contribution in [3.8, 4) is 5.69 Å². The highest BCUT2D eigenvalue weighted by Gasteiger charge is 2.22. The fourth-order valence-corrected chi connectivity index (χ4v) is 3.64. The average molecular weight is 347 g/mol. The number of aromatic nitrogens is 2. The highest BCUT2D eigenvalue weighted by Crippen LogP contribution is 2.26. The minimum atomic E-state index is -0.144. The molecule has 1 amide bonds. The van der Waals surface area contributed by atoms with Crippen LogP contribution in [-0.4, -0.2) is 15.7 Å². The van der Waals surface area contributed by atoms with Crippen molar-refractivity contribution >= 4 is 22.4 Å². The van der Waals surface area contributed by atoms with Gasteiger partial charge in [0.25, 0.3) is 5.56 Å². The molecule has 1 fully saturated rings. The first kappa shape index (κ1) is 16.5. The molecule has 0 atom stereocenters. The van der Waals surface area contributed by atoms with E-state index in [-0.39, 0.29) is 17.4 Å². The summed E-state index contributed by atoms with van der Waals surface area (Å²) in [6.45, 7) is 1.90. The number of rotatable bonds is 3. The summed E-state index contributed by atoms with van der Waals surface area (Å²) >= 11 is 0. The minimum absolute atomic E-state index is 0.0899. The van der Waals surface area contributed by atoms with Crippen LogP contribution in [0, 0.1) is 12.8 Å². The molecule has 5 nitrogen and oxygen atoms in total. The van der Waals surface area contributed by atoms with E-state index in [1.165, 1.54) is 4.68 Å². The van der Waals surface area contributed by atoms with Crippen LogP contribution in [0.15, 0.2) is 53.3 Å². The molecule has 2 aromatic carbocycles. The van der Waals surface area contributed by atoms with E-state index in [1.54, 1.807) is 0 Å². The first-order valence-corrected chi connectivity index (χ1v) is 9.03. The van der Waals surface area contributed by atoms with Crippen molar-refractivity contribution in [1.29, 1.82) is 0 Å². The summed E-state index contributed by atoms with van der Waals surface area (Å²) in [6.07, 6.45) is 4.21. The van der Waals surface area contributed by atoms with Crippen molar-refractivity contribution in [1.82, 2.24) is 9.78 Å². The van der Waals surface area contributed by atoms with E-state index in [0.29, 0.717) is 11.1 Å². The molecule has 1 aromatic heterocycles. The zero-order valence-electron chi connectivity index (χ0n) is 14.7. The third-order valence-electron chi connectivity index (χ3n) is 5.10. The summed E-state index contributed by atoms with van der Waals surface area (Å²) < 4.78 is 1.42. The Morgan fingerprint density at radius 3 is 2.38 bits per heavy atom. The standard InChI is InChI=1S/C21H21N3O2/c1-14-18-8-4-5-9-19(18)21(26)24(23-14)17-12-10-16(11-13-17)22-20(25)15-6-2-3-7-15/h4-5,8-13,15H,2-3,6-7H2,1H3,(H,22,25). The summed E-state index contributed by atoms with van der Waals surface area (Å²) in [7, 11) is 0. The van der Waals surface area contributed by atoms with Gasteiger partial charge in [-0.3, -0.25) is 9.59 Å². The Balaban J connectivity index is 1.63. The van der Waals surface area contributed by atoms with Crippen LogP contribution >= 0.6 is 0 Å². The lowest BCUT2D eigenvalue weighted by molar-refractivity contribution is -0.119. The normalized spacial score (nSPS) is 14.7. The van der Waals surface area contributed by atoms with Gasteiger partial charge in [-0.15, -0.1) is 0 Å². The van der Waals surface area contributed by atoms with Gasteiger partial charge in [-0.1, -0.05) is 31.0 Å². The second-order valence-electron chi connectivity index (χ2n) is 6.87. The number of fused-ring (bicyclic) bond motifs is 1. The number of aryl methyl sites for hydroxylation is 1. The predicted octanol–water partition coefficient (Wildman–Crippen LogP) is 3.82. The molecule has 0 saturated heterocycles. The molecule has 132 valence electrons. The number of carbonyl (C=O) groups excluding carboxylic acids is 1. The van der Waals surface area contributed by atoms with Crippen LogP contribution in [0.1, 0.15) is 31.4 Å². The number of hydrogen-bond acceptors (Lipinski definition) is 3. The highest BCUT2D eigenvalue weighted by molar-refractivity contribution is 5.92. The molecule has 1 aliphatic rings. The second-order valence-corrected chi connectivity index (χ2v) is 6.87. The lowest BCUT2D eigenvalue weighted by Crippen LogP contribution is -2.22. The lowest BCUT2D eigenvalue weighted by Gasteiger charge is -2.12. The molecule has 0 spiro atoms. The maximum atomic E-state index is 12.7. The summed E-state index contributed by atoms with van der Waals surface area (Å²) in [4.78, 5) is 25.0. The predicted molar refractivity (Wildman–Crippen MR) is 103 cm³/mol. The monoisotopic (exact) mass is 347 g/mol. The molecule has 0 unspecified atom stereocenters. The number of anilines is 1. The molecule has 0 aliphatic heterocycles. The van der Waals surface area contributed by atoms with Gasteiger partial charge in [-0.2, -0.15) is 9.78 Å². The quantitative estimate of drug-likeness (QED) is 0.783. The third-order valence-corrected chi connectivity index (χ3v) is 5.10. The summed E-state index contributed by atoms with van der Waals surface area (Å²) in [6, 6.07) is 14.8. The smallest absolute Gasteiger partial charge is 0.279 e. The fraction of sp³-hybridized carbons (Fsp3) is 0.286. The number of carbonyl (C=O) groups is 1. The number of benzene rings is 2. The van der Waals surface area contributed by atoms with E-state index >= 15 is 0 Å². The van der Waals surface area contributed by atoms with Crippen LogP contribution in [0.5, 0.6) is 0 Å². The number of hydrogen-bond donors (Lipinski definition) is 1. The minimum Gasteiger partial charge on any atom is -0.326 e. The Morgan fingerprint density at radius 2 is 1.69 bits per heavy atom. The molecule has 26 heavy (non-hydrogen) atoms. The van der Waals surface area contributed by atoms with Gasteiger partial charge in [-0.25, -0.2) is 0 Å². The van der Waals surface area contributed by atoms with E-state index in [4.69, 9.17) is 0 Å². The van der Waals surface area contributed by atoms with Gasteiger partial charge in [0.2, 0.25) is 5.91 Å². The molecule has 4 rings (SSSR count). The maximum Gasteiger partial charge on any atom is 0.279 e. The summed E-state index contributed by atoms with van der Waals surface area (Å²) in [5.74, 6) is 0.217. The van der Waals surface area contributed by atoms with E-state index in [1.807, 2.05) is 55.5 Å². The van der Waals surface area contributed by atoms with E-state index in [0.717, 1.165) is 42.5 Å². The van der Waals surface area contributed by atoms with Gasteiger partial charge >= 0.3 is 0 Å².